The Labute approximate surface area is 787 Å². The van der Waals surface area contributed by atoms with Crippen molar-refractivity contribution in [3.05, 3.63) is 275 Å². The predicted molar refractivity (Wildman–Crippen MR) is 459 cm³/mol. The van der Waals surface area contributed by atoms with Crippen LogP contribution in [0.2, 0.25) is 0 Å². The maximum absolute atomic E-state index is 14.0. The quantitative estimate of drug-likeness (QED) is 0.0234. The number of ether oxygens (including phenoxy) is 1. The molecule has 0 unspecified atom stereocenters. The van der Waals surface area contributed by atoms with E-state index in [1.807, 2.05) is 82.7 Å². The number of nitrogen functional groups attached to an aromatic ring is 1. The number of nitrogens with zero attached hydrogens (tertiary/aromatic N) is 2. The molecule has 628 valence electrons. The van der Waals surface area contributed by atoms with Crippen molar-refractivity contribution in [1.82, 2.24) is 4.58 Å². The average molecular weight is 1800 g/mol. The molecule has 10 aromatic carbocycles. The van der Waals surface area contributed by atoms with E-state index in [0.29, 0.717) is 90.3 Å². The third-order valence-corrected chi connectivity index (χ3v) is 25.3. The van der Waals surface area contributed by atoms with Crippen LogP contribution in [0, 0.1) is 62.3 Å². The molecule has 4 aliphatic rings. The monoisotopic (exact) mass is 1800 g/mol. The van der Waals surface area contributed by atoms with E-state index in [0.717, 1.165) is 45.9 Å². The first-order valence-electron chi connectivity index (χ1n) is 37.3. The van der Waals surface area contributed by atoms with Gasteiger partial charge in [-0.1, -0.05) is 117 Å². The van der Waals surface area contributed by atoms with E-state index >= 15 is 0 Å². The molecule has 0 saturated heterocycles. The minimum absolute atomic E-state index is 0. The standard InChI is InChI=1S/C34H34N2O3.C32H30N2O8S2.C23H22N2O7S2.3Na.O3S/c1-7-34(5,6)22-12-14-23(15-13-22)39-27-18-26(36-31-20(3)16-19(2)17-21(31)4)28-29(30(27)35)33(38)25-11-9-8-10-24(25)32(28)37;1-15-13-17(3)31(43(37,38)39)19(5)27(15)33-23-11-12-24(26-25(23)29(35)21-9-7-8-10-22(21)30(26)36)34-28-16(2)14-18(4)32(20(28)6)44(40,41)42;1-24(2)14-5-8-17-20(11-14)32-21-12-15(25(3)4)6-9-18(21)23(17)19-10-7-16(33(26,27)28)13-22(19)34(29,30)31;;;;1-4(2)3/h8-18,36H,7,35H2,1-6H3;7-14,33-34H,1-6H3,(H,37,38,39)(H,40,41,42);5-13H,1-4H3,(H-,26,27,28,29,30,31);;;;/q;;;3*+1;/p-2. The molecule has 0 saturated carbocycles. The summed E-state index contributed by atoms with van der Waals surface area (Å²) in [5.74, 6) is -0.101. The summed E-state index contributed by atoms with van der Waals surface area (Å²) in [6.07, 6.45) is 1.01. The maximum Gasteiger partial charge on any atom is 1.00 e. The summed E-state index contributed by atoms with van der Waals surface area (Å²) in [5.41, 5.74) is 19.6. The second kappa shape index (κ2) is 38.8. The maximum atomic E-state index is 14.0. The Hall–Kier alpha value is -9.37. The third-order valence-electron chi connectivity index (χ3n) is 21.3. The molecule has 0 aromatic heterocycles. The molecule has 0 spiro atoms. The number of rotatable bonds is 16. The molecule has 0 radical (unpaired) electrons. The minimum atomic E-state index is -5.15. The number of hydrogen-bond acceptors (Lipinski definition) is 25. The number of aryl methyl sites for hydroxylation is 7. The smallest absolute Gasteiger partial charge is 0.744 e. The second-order valence-corrected chi connectivity index (χ2v) is 36.2. The van der Waals surface area contributed by atoms with Gasteiger partial charge in [-0.2, -0.15) is 8.42 Å². The Bertz CT molecular complexity index is 6900. The van der Waals surface area contributed by atoms with Crippen LogP contribution in [0.5, 0.6) is 11.5 Å². The molecule has 1 heterocycles. The first-order chi connectivity index (χ1) is 56.4. The predicted octanol–water partition coefficient (Wildman–Crippen LogP) is 6.26. The summed E-state index contributed by atoms with van der Waals surface area (Å²) in [6.45, 7) is 22.2. The van der Waals surface area contributed by atoms with Gasteiger partial charge in [0.05, 0.1) is 65.8 Å². The van der Waals surface area contributed by atoms with E-state index in [-0.39, 0.29) is 188 Å². The molecule has 14 rings (SSSR count). The van der Waals surface area contributed by atoms with Crippen LogP contribution in [0.25, 0.3) is 33.4 Å². The van der Waals surface area contributed by atoms with E-state index in [1.54, 1.807) is 124 Å². The topological polar surface area (TPSA) is 436 Å². The SMILES string of the molecule is CCC(C)(C)c1ccc(Oc2cc(Nc3c(C)cc(C)cc3C)c3c(c2N)C(=O)c2ccccc2C3=O)cc1.CN(C)c1ccc2c(-c3ccc(S(=O)(=O)[O-])cc3S(=O)(=O)[O-])c3ccc(=[N+](C)C)cc-3oc2c1.Cc1cc(C)c(S(=O)(=O)[O-])c(C)c1Nc1ccc(Nc2c(C)cc(C)c(S(=O)(=O)O)c2C)c2c1C(=O)c1ccccc1C2=O.O=S(=O)=O.[Na+].[Na+].[Na+]. The van der Waals surface area contributed by atoms with Gasteiger partial charge in [0.25, 0.3) is 10.1 Å². The zero-order valence-electron chi connectivity index (χ0n) is 71.5. The second-order valence-electron chi connectivity index (χ2n) is 30.4. The molecule has 0 amide bonds. The molecular formula is C89H84N6Na3O21S5+. The Kier molecular flexibility index (Phi) is 31.3. The van der Waals surface area contributed by atoms with Crippen molar-refractivity contribution in [3.63, 3.8) is 0 Å². The summed E-state index contributed by atoms with van der Waals surface area (Å²) in [6, 6.07) is 46.7. The van der Waals surface area contributed by atoms with Crippen molar-refractivity contribution in [3.8, 4) is 33.9 Å². The van der Waals surface area contributed by atoms with Gasteiger partial charge in [-0.3, -0.25) is 23.7 Å². The van der Waals surface area contributed by atoms with Gasteiger partial charge in [0.1, 0.15) is 66.4 Å². The normalized spacial score (nSPS) is 12.2. The minimum Gasteiger partial charge on any atom is -0.744 e. The van der Waals surface area contributed by atoms with Crippen LogP contribution in [0.4, 0.5) is 45.5 Å². The van der Waals surface area contributed by atoms with Crippen LogP contribution >= 0.6 is 0 Å². The largest absolute Gasteiger partial charge is 1.00 e. The fourth-order valence-corrected chi connectivity index (χ4v) is 18.4. The number of nitrogens with two attached hydrogens (primary N) is 1. The van der Waals surface area contributed by atoms with Gasteiger partial charge in [0.15, 0.2) is 28.9 Å². The number of carbonyl (C=O) groups excluding carboxylic acids is 4. The number of hydrogen-bond donors (Lipinski definition) is 5. The summed E-state index contributed by atoms with van der Waals surface area (Å²) in [5, 5.41) is 11.1. The van der Waals surface area contributed by atoms with Crippen molar-refractivity contribution in [2.24, 2.45) is 0 Å². The van der Waals surface area contributed by atoms with Gasteiger partial charge >= 0.3 is 99.3 Å². The van der Waals surface area contributed by atoms with Crippen LogP contribution < -0.4 is 130 Å². The number of anilines is 8. The Morgan fingerprint density at radius 2 is 0.935 bits per heavy atom. The molecule has 1 aliphatic heterocycles. The molecular weight excluding hydrogens is 1720 g/mol. The number of carbonyl (C=O) groups is 4. The molecule has 0 bridgehead atoms. The van der Waals surface area contributed by atoms with Crippen LogP contribution in [-0.2, 0) is 56.5 Å². The molecule has 6 N–H and O–H groups in total. The van der Waals surface area contributed by atoms with Gasteiger partial charge in [-0.05, 0) is 179 Å². The molecule has 0 fully saturated rings. The van der Waals surface area contributed by atoms with Crippen LogP contribution in [0.1, 0.15) is 147 Å². The number of fused-ring (bicyclic) bond motifs is 6. The van der Waals surface area contributed by atoms with Crippen LogP contribution in [0.3, 0.4) is 0 Å². The number of benzene rings is 11. The Morgan fingerprint density at radius 1 is 0.492 bits per heavy atom. The Balaban J connectivity index is 0.000000224. The van der Waals surface area contributed by atoms with E-state index in [1.165, 1.54) is 32.4 Å². The van der Waals surface area contributed by atoms with Crippen molar-refractivity contribution in [2.45, 2.75) is 115 Å². The van der Waals surface area contributed by atoms with Gasteiger partial charge in [0.2, 0.25) is 5.36 Å². The Morgan fingerprint density at radius 3 is 1.38 bits per heavy atom. The van der Waals surface area contributed by atoms with Gasteiger partial charge in [0, 0.05) is 99.4 Å². The first kappa shape index (κ1) is 100. The molecule has 27 nitrogen and oxygen atoms in total. The molecule has 10 aromatic rings. The summed E-state index contributed by atoms with van der Waals surface area (Å²) < 4.78 is 181. The van der Waals surface area contributed by atoms with Crippen LogP contribution in [0.15, 0.2) is 194 Å². The molecule has 35 heteroatoms. The zero-order chi connectivity index (χ0) is 89.1. The summed E-state index contributed by atoms with van der Waals surface area (Å²) in [7, 11) is -15.2. The van der Waals surface area contributed by atoms with E-state index in [9.17, 15) is 71.1 Å². The van der Waals surface area contributed by atoms with Crippen LogP contribution in [-0.4, -0.2) is 116 Å². The fourth-order valence-electron chi connectivity index (χ4n) is 15.3. The van der Waals surface area contributed by atoms with Gasteiger partial charge < -0.3 is 49.4 Å². The third kappa shape index (κ3) is 20.8. The van der Waals surface area contributed by atoms with E-state index in [4.69, 9.17) is 27.5 Å². The molecule has 0 atom stereocenters. The molecule has 3 aliphatic carbocycles. The van der Waals surface area contributed by atoms with Gasteiger partial charge in [-0.15, -0.1) is 12.6 Å². The van der Waals surface area contributed by atoms with E-state index < -0.39 is 72.4 Å². The van der Waals surface area contributed by atoms with Gasteiger partial charge in [-0.25, -0.2) is 29.8 Å². The van der Waals surface area contributed by atoms with Crippen molar-refractivity contribution in [1.29, 1.82) is 0 Å². The molecule has 124 heavy (non-hydrogen) atoms. The zero-order valence-corrected chi connectivity index (χ0v) is 81.6. The summed E-state index contributed by atoms with van der Waals surface area (Å²) in [4.78, 5) is 55.2. The summed E-state index contributed by atoms with van der Waals surface area (Å²) >= 11 is 0. The number of nitrogens with one attached hydrogen (secondary N) is 3. The van der Waals surface area contributed by atoms with E-state index in [2.05, 4.69) is 61.0 Å². The van der Waals surface area contributed by atoms with Crippen molar-refractivity contribution < 1.29 is 182 Å². The van der Waals surface area contributed by atoms with Crippen molar-refractivity contribution >= 4 is 131 Å². The average Bonchev–Trinajstić information content (AvgIpc) is 0.740. The van der Waals surface area contributed by atoms with Crippen molar-refractivity contribution in [2.75, 3.05) is 54.8 Å². The first-order valence-corrected chi connectivity index (χ1v) is 44.0. The fraction of sp³-hybridized carbons (Fsp3) is 0.202. The number of ketones is 4.